The molecule has 0 aromatic carbocycles. The van der Waals surface area contributed by atoms with Crippen molar-refractivity contribution in [3.8, 4) is 0 Å². The normalized spacial score (nSPS) is 13.6. The Kier molecular flexibility index (Phi) is 6.03. The van der Waals surface area contributed by atoms with Gasteiger partial charge in [-0.15, -0.1) is 11.3 Å². The molecule has 0 amide bonds. The van der Waals surface area contributed by atoms with Crippen LogP contribution in [0.3, 0.4) is 0 Å². The molecule has 0 radical (unpaired) electrons. The maximum atomic E-state index is 5.65. The zero-order valence-corrected chi connectivity index (χ0v) is 11.5. The number of thiophene rings is 1. The van der Waals surface area contributed by atoms with Gasteiger partial charge in [0, 0.05) is 17.5 Å². The van der Waals surface area contributed by atoms with Gasteiger partial charge < -0.3 is 5.73 Å². The molecule has 0 fully saturated rings. The summed E-state index contributed by atoms with van der Waals surface area (Å²) in [5.74, 6) is 0.629. The van der Waals surface area contributed by atoms with Crippen LogP contribution in [0.25, 0.3) is 0 Å². The smallest absolute Gasteiger partial charge is 0.0330 e. The molecule has 1 rings (SSSR count). The summed E-state index contributed by atoms with van der Waals surface area (Å²) < 4.78 is 0. The molecule has 0 saturated heterocycles. The fraction of sp³-hybridized carbons (Fsp3) is 0.692. The van der Waals surface area contributed by atoms with E-state index in [1.54, 1.807) is 0 Å². The molecule has 16 heavy (non-hydrogen) atoms. The lowest BCUT2D eigenvalue weighted by Crippen LogP contribution is -2.32. The Balaban J connectivity index is 2.42. The maximum absolute atomic E-state index is 5.65. The molecule has 3 heteroatoms. The molecule has 1 aromatic rings. The molecule has 1 aromatic heterocycles. The van der Waals surface area contributed by atoms with Crippen LogP contribution >= 0.6 is 11.3 Å². The van der Waals surface area contributed by atoms with Gasteiger partial charge in [0.05, 0.1) is 0 Å². The van der Waals surface area contributed by atoms with E-state index in [9.17, 15) is 0 Å². The minimum absolute atomic E-state index is 0.604. The van der Waals surface area contributed by atoms with E-state index in [-0.39, 0.29) is 0 Å². The summed E-state index contributed by atoms with van der Waals surface area (Å²) >= 11 is 1.84. The van der Waals surface area contributed by atoms with Gasteiger partial charge in [-0.2, -0.15) is 0 Å². The third-order valence-corrected chi connectivity index (χ3v) is 3.84. The fourth-order valence-corrected chi connectivity index (χ4v) is 2.36. The second-order valence-electron chi connectivity index (χ2n) is 4.77. The van der Waals surface area contributed by atoms with Crippen LogP contribution in [0.5, 0.6) is 0 Å². The fourth-order valence-electron chi connectivity index (χ4n) is 1.63. The number of hydrogen-bond donors (Lipinski definition) is 1. The summed E-state index contributed by atoms with van der Waals surface area (Å²) in [5, 5.41) is 2.15. The van der Waals surface area contributed by atoms with Gasteiger partial charge in [-0.1, -0.05) is 13.0 Å². The Labute approximate surface area is 103 Å². The molecule has 92 valence electrons. The summed E-state index contributed by atoms with van der Waals surface area (Å²) in [6.45, 7) is 9.77. The van der Waals surface area contributed by atoms with Gasteiger partial charge in [-0.3, -0.25) is 4.90 Å². The van der Waals surface area contributed by atoms with Gasteiger partial charge in [0.15, 0.2) is 0 Å². The predicted octanol–water partition coefficient (Wildman–Crippen LogP) is 2.94. The van der Waals surface area contributed by atoms with Crippen molar-refractivity contribution < 1.29 is 0 Å². The van der Waals surface area contributed by atoms with Crippen molar-refractivity contribution in [1.82, 2.24) is 4.90 Å². The average molecular weight is 240 g/mol. The molecule has 0 spiro atoms. The molecule has 1 unspecified atom stereocenters. The summed E-state index contributed by atoms with van der Waals surface area (Å²) in [5.41, 5.74) is 5.65. The topological polar surface area (TPSA) is 29.3 Å². The van der Waals surface area contributed by atoms with Crippen molar-refractivity contribution in [2.24, 2.45) is 11.7 Å². The first-order chi connectivity index (χ1) is 7.63. The minimum Gasteiger partial charge on any atom is -0.330 e. The van der Waals surface area contributed by atoms with Crippen molar-refractivity contribution in [3.63, 3.8) is 0 Å². The molecule has 1 atom stereocenters. The van der Waals surface area contributed by atoms with Gasteiger partial charge in [-0.25, -0.2) is 0 Å². The van der Waals surface area contributed by atoms with E-state index >= 15 is 0 Å². The first-order valence-corrected chi connectivity index (χ1v) is 6.98. The Hall–Kier alpha value is -0.380. The number of nitrogens with two attached hydrogens (primary N) is 1. The molecule has 0 aliphatic carbocycles. The lowest BCUT2D eigenvalue weighted by Gasteiger charge is -2.27. The van der Waals surface area contributed by atoms with Crippen LogP contribution in [0.15, 0.2) is 17.5 Å². The van der Waals surface area contributed by atoms with Crippen molar-refractivity contribution in [2.45, 2.75) is 39.8 Å². The first kappa shape index (κ1) is 13.7. The molecule has 0 aliphatic heterocycles. The second kappa shape index (κ2) is 7.05. The van der Waals surface area contributed by atoms with Gasteiger partial charge in [-0.05, 0) is 50.7 Å². The highest BCUT2D eigenvalue weighted by Crippen LogP contribution is 2.15. The van der Waals surface area contributed by atoms with Gasteiger partial charge in [0.1, 0.15) is 0 Å². The Morgan fingerprint density at radius 3 is 2.62 bits per heavy atom. The molecule has 0 aliphatic rings. The first-order valence-electron chi connectivity index (χ1n) is 6.10. The summed E-state index contributed by atoms with van der Waals surface area (Å²) in [7, 11) is 0. The molecule has 0 bridgehead atoms. The molecule has 1 heterocycles. The van der Waals surface area contributed by atoms with Crippen molar-refractivity contribution in [3.05, 3.63) is 22.4 Å². The summed E-state index contributed by atoms with van der Waals surface area (Å²) in [6, 6.07) is 4.94. The second-order valence-corrected chi connectivity index (χ2v) is 5.81. The quantitative estimate of drug-likeness (QED) is 0.794. The zero-order valence-electron chi connectivity index (χ0n) is 10.6. The van der Waals surface area contributed by atoms with Crippen molar-refractivity contribution >= 4 is 11.3 Å². The molecule has 0 saturated carbocycles. The Bertz CT molecular complexity index is 269. The van der Waals surface area contributed by atoms with E-state index in [1.807, 2.05) is 11.3 Å². The van der Waals surface area contributed by atoms with Gasteiger partial charge in [0.25, 0.3) is 0 Å². The van der Waals surface area contributed by atoms with Crippen LogP contribution in [0.1, 0.15) is 32.1 Å². The van der Waals surface area contributed by atoms with Gasteiger partial charge >= 0.3 is 0 Å². The highest BCUT2D eigenvalue weighted by Gasteiger charge is 2.11. The van der Waals surface area contributed by atoms with E-state index in [0.717, 1.165) is 19.6 Å². The van der Waals surface area contributed by atoms with Crippen molar-refractivity contribution in [1.29, 1.82) is 0 Å². The van der Waals surface area contributed by atoms with E-state index < -0.39 is 0 Å². The standard InChI is InChI=1S/C13H24N2S/c1-11(2)15(7-6-12(3)9-14)10-13-5-4-8-16-13/h4-5,8,11-12H,6-7,9-10,14H2,1-3H3. The molecule has 2 nitrogen and oxygen atoms in total. The van der Waals surface area contributed by atoms with Crippen molar-refractivity contribution in [2.75, 3.05) is 13.1 Å². The molecular formula is C13H24N2S. The number of rotatable bonds is 7. The maximum Gasteiger partial charge on any atom is 0.0330 e. The van der Waals surface area contributed by atoms with E-state index in [0.29, 0.717) is 12.0 Å². The predicted molar refractivity (Wildman–Crippen MR) is 72.7 cm³/mol. The van der Waals surface area contributed by atoms with Crippen LogP contribution in [-0.2, 0) is 6.54 Å². The zero-order chi connectivity index (χ0) is 12.0. The lowest BCUT2D eigenvalue weighted by molar-refractivity contribution is 0.201. The summed E-state index contributed by atoms with van der Waals surface area (Å²) in [4.78, 5) is 3.98. The van der Waals surface area contributed by atoms with Crippen LogP contribution in [0.2, 0.25) is 0 Å². The monoisotopic (exact) mass is 240 g/mol. The van der Waals surface area contributed by atoms with E-state index in [4.69, 9.17) is 5.73 Å². The average Bonchev–Trinajstić information content (AvgIpc) is 2.75. The highest BCUT2D eigenvalue weighted by atomic mass is 32.1. The van der Waals surface area contributed by atoms with Crippen LogP contribution in [0.4, 0.5) is 0 Å². The van der Waals surface area contributed by atoms with E-state index in [2.05, 4.69) is 43.2 Å². The highest BCUT2D eigenvalue weighted by molar-refractivity contribution is 7.09. The number of hydrogen-bond acceptors (Lipinski definition) is 3. The Morgan fingerprint density at radius 1 is 1.38 bits per heavy atom. The largest absolute Gasteiger partial charge is 0.330 e. The number of nitrogens with zero attached hydrogens (tertiary/aromatic N) is 1. The van der Waals surface area contributed by atoms with Gasteiger partial charge in [0.2, 0.25) is 0 Å². The van der Waals surface area contributed by atoms with Crippen LogP contribution in [0, 0.1) is 5.92 Å². The lowest BCUT2D eigenvalue weighted by atomic mass is 10.1. The molecular weight excluding hydrogens is 216 g/mol. The SMILES string of the molecule is CC(CN)CCN(Cc1cccs1)C(C)C. The van der Waals surface area contributed by atoms with Crippen LogP contribution in [-0.4, -0.2) is 24.0 Å². The minimum atomic E-state index is 0.604. The van der Waals surface area contributed by atoms with Crippen LogP contribution < -0.4 is 5.73 Å². The Morgan fingerprint density at radius 2 is 2.12 bits per heavy atom. The summed E-state index contributed by atoms with van der Waals surface area (Å²) in [6.07, 6.45) is 1.19. The molecule has 2 N–H and O–H groups in total. The van der Waals surface area contributed by atoms with E-state index in [1.165, 1.54) is 11.3 Å². The third-order valence-electron chi connectivity index (χ3n) is 2.98. The third kappa shape index (κ3) is 4.64.